The predicted molar refractivity (Wildman–Crippen MR) is 62.6 cm³/mol. The van der Waals surface area contributed by atoms with E-state index >= 15 is 0 Å². The number of esters is 1. The van der Waals surface area contributed by atoms with Crippen LogP contribution in [0.4, 0.5) is 0 Å². The van der Waals surface area contributed by atoms with E-state index in [0.29, 0.717) is 31.7 Å². The molecule has 0 aromatic rings. The number of carbonyl (C=O) groups excluding carboxylic acids is 1. The molecular weight excluding hydrogens is 220 g/mol. The molecule has 0 unspecified atom stereocenters. The van der Waals surface area contributed by atoms with Crippen LogP contribution < -0.4 is 0 Å². The van der Waals surface area contributed by atoms with Crippen molar-refractivity contribution in [2.24, 2.45) is 11.8 Å². The Morgan fingerprint density at radius 1 is 1.12 bits per heavy atom. The Morgan fingerprint density at radius 3 is 2.41 bits per heavy atom. The molecule has 1 aliphatic heterocycles. The van der Waals surface area contributed by atoms with Crippen LogP contribution in [0.15, 0.2) is 0 Å². The van der Waals surface area contributed by atoms with Crippen LogP contribution in [0.3, 0.4) is 0 Å². The Bertz CT molecular complexity index is 250. The molecule has 1 aliphatic carbocycles. The highest BCUT2D eigenvalue weighted by Crippen LogP contribution is 2.30. The summed E-state index contributed by atoms with van der Waals surface area (Å²) in [6.45, 7) is 5.82. The van der Waals surface area contributed by atoms with Crippen LogP contribution in [-0.4, -0.2) is 38.0 Å². The molecule has 0 aromatic carbocycles. The summed E-state index contributed by atoms with van der Waals surface area (Å²) in [4.78, 5) is 11.9. The summed E-state index contributed by atoms with van der Waals surface area (Å²) in [5, 5.41) is 0. The Labute approximate surface area is 103 Å². The first kappa shape index (κ1) is 12.8. The van der Waals surface area contributed by atoms with E-state index in [1.54, 1.807) is 0 Å². The molecule has 17 heavy (non-hydrogen) atoms. The fraction of sp³-hybridized carbons (Fsp3) is 0.923. The van der Waals surface area contributed by atoms with Crippen LogP contribution >= 0.6 is 0 Å². The van der Waals surface area contributed by atoms with Gasteiger partial charge in [-0.25, -0.2) is 4.79 Å². The lowest BCUT2D eigenvalue weighted by atomic mass is 9.82. The van der Waals surface area contributed by atoms with Gasteiger partial charge in [-0.1, -0.05) is 13.8 Å². The standard InChI is InChI=1S/C13H22O4/c1-9-5-10(2)7-11(6-9)17-13(14)12-8-15-3-4-16-12/h9-12H,3-8H2,1-2H3/t9-,10-,12+/m1/s1. The second-order valence-corrected chi connectivity index (χ2v) is 5.41. The van der Waals surface area contributed by atoms with Crippen LogP contribution in [0.5, 0.6) is 0 Å². The van der Waals surface area contributed by atoms with Gasteiger partial charge in [0.05, 0.1) is 19.8 Å². The summed E-state index contributed by atoms with van der Waals surface area (Å²) >= 11 is 0. The van der Waals surface area contributed by atoms with Crippen LogP contribution in [-0.2, 0) is 19.0 Å². The highest BCUT2D eigenvalue weighted by molar-refractivity contribution is 5.75. The van der Waals surface area contributed by atoms with E-state index in [0.717, 1.165) is 12.8 Å². The summed E-state index contributed by atoms with van der Waals surface area (Å²) in [6.07, 6.45) is 2.73. The lowest BCUT2D eigenvalue weighted by Gasteiger charge is -2.32. The molecule has 0 bridgehead atoms. The fourth-order valence-corrected chi connectivity index (χ4v) is 2.83. The Balaban J connectivity index is 1.80. The van der Waals surface area contributed by atoms with E-state index in [9.17, 15) is 4.79 Å². The monoisotopic (exact) mass is 242 g/mol. The quantitative estimate of drug-likeness (QED) is 0.692. The van der Waals surface area contributed by atoms with E-state index in [1.807, 2.05) is 0 Å². The highest BCUT2D eigenvalue weighted by Gasteiger charge is 2.30. The number of rotatable bonds is 2. The third-order valence-electron chi connectivity index (χ3n) is 3.50. The first-order valence-electron chi connectivity index (χ1n) is 6.55. The van der Waals surface area contributed by atoms with Crippen molar-refractivity contribution in [3.05, 3.63) is 0 Å². The van der Waals surface area contributed by atoms with E-state index in [4.69, 9.17) is 14.2 Å². The van der Waals surface area contributed by atoms with Crippen molar-refractivity contribution >= 4 is 5.97 Å². The second-order valence-electron chi connectivity index (χ2n) is 5.41. The number of hydrogen-bond acceptors (Lipinski definition) is 4. The third-order valence-corrected chi connectivity index (χ3v) is 3.50. The first-order valence-corrected chi connectivity index (χ1v) is 6.55. The summed E-state index contributed by atoms with van der Waals surface area (Å²) in [7, 11) is 0. The fourth-order valence-electron chi connectivity index (χ4n) is 2.83. The van der Waals surface area contributed by atoms with Gasteiger partial charge in [0.25, 0.3) is 0 Å². The van der Waals surface area contributed by atoms with Crippen molar-refractivity contribution in [2.45, 2.75) is 45.3 Å². The van der Waals surface area contributed by atoms with Crippen molar-refractivity contribution in [3.63, 3.8) is 0 Å². The number of ether oxygens (including phenoxy) is 3. The molecule has 2 fully saturated rings. The molecule has 1 saturated carbocycles. The topological polar surface area (TPSA) is 44.8 Å². The van der Waals surface area contributed by atoms with Gasteiger partial charge in [0, 0.05) is 0 Å². The summed E-state index contributed by atoms with van der Waals surface area (Å²) in [6, 6.07) is 0. The molecule has 98 valence electrons. The smallest absolute Gasteiger partial charge is 0.337 e. The maximum Gasteiger partial charge on any atom is 0.337 e. The summed E-state index contributed by atoms with van der Waals surface area (Å²) in [5.41, 5.74) is 0. The lowest BCUT2D eigenvalue weighted by molar-refractivity contribution is -0.178. The SMILES string of the molecule is C[C@H]1CC(OC(=O)[C@@H]2COCCO2)C[C@H](C)C1. The van der Waals surface area contributed by atoms with Crippen molar-refractivity contribution < 1.29 is 19.0 Å². The maximum absolute atomic E-state index is 11.9. The molecule has 0 radical (unpaired) electrons. The minimum atomic E-state index is -0.517. The van der Waals surface area contributed by atoms with Gasteiger partial charge in [0.15, 0.2) is 6.10 Å². The zero-order chi connectivity index (χ0) is 12.3. The Morgan fingerprint density at radius 2 is 1.82 bits per heavy atom. The molecule has 0 N–H and O–H groups in total. The van der Waals surface area contributed by atoms with E-state index in [-0.39, 0.29) is 12.1 Å². The van der Waals surface area contributed by atoms with Crippen LogP contribution in [0.1, 0.15) is 33.1 Å². The summed E-state index contributed by atoms with van der Waals surface area (Å²) < 4.78 is 16.1. The van der Waals surface area contributed by atoms with Crippen LogP contribution in [0.2, 0.25) is 0 Å². The normalized spacial score (nSPS) is 38.7. The molecule has 3 atom stereocenters. The van der Waals surface area contributed by atoms with Gasteiger partial charge in [-0.15, -0.1) is 0 Å². The molecule has 1 saturated heterocycles. The minimum absolute atomic E-state index is 0.0618. The van der Waals surface area contributed by atoms with Gasteiger partial charge in [-0.3, -0.25) is 0 Å². The average Bonchev–Trinajstić information content (AvgIpc) is 2.28. The number of hydrogen-bond donors (Lipinski definition) is 0. The molecule has 0 aromatic heterocycles. The van der Waals surface area contributed by atoms with Gasteiger partial charge >= 0.3 is 5.97 Å². The van der Waals surface area contributed by atoms with Gasteiger partial charge in [0.2, 0.25) is 0 Å². The lowest BCUT2D eigenvalue weighted by Crippen LogP contribution is -2.39. The van der Waals surface area contributed by atoms with Crippen molar-refractivity contribution in [2.75, 3.05) is 19.8 Å². The van der Waals surface area contributed by atoms with Gasteiger partial charge in [-0.05, 0) is 31.1 Å². The Hall–Kier alpha value is -0.610. The molecule has 4 heteroatoms. The molecule has 4 nitrogen and oxygen atoms in total. The van der Waals surface area contributed by atoms with Crippen LogP contribution in [0.25, 0.3) is 0 Å². The molecular formula is C13H22O4. The largest absolute Gasteiger partial charge is 0.460 e. The van der Waals surface area contributed by atoms with Crippen LogP contribution in [0, 0.1) is 11.8 Å². The predicted octanol–water partition coefficient (Wildman–Crippen LogP) is 1.77. The Kier molecular flexibility index (Phi) is 4.40. The van der Waals surface area contributed by atoms with Gasteiger partial charge in [0.1, 0.15) is 6.10 Å². The van der Waals surface area contributed by atoms with E-state index in [1.165, 1.54) is 6.42 Å². The zero-order valence-corrected chi connectivity index (χ0v) is 10.7. The molecule has 0 amide bonds. The third kappa shape index (κ3) is 3.68. The average molecular weight is 242 g/mol. The zero-order valence-electron chi connectivity index (χ0n) is 10.7. The second kappa shape index (κ2) is 5.83. The van der Waals surface area contributed by atoms with E-state index < -0.39 is 6.10 Å². The molecule has 2 aliphatic rings. The van der Waals surface area contributed by atoms with Crippen molar-refractivity contribution in [1.82, 2.24) is 0 Å². The van der Waals surface area contributed by atoms with Crippen molar-refractivity contribution in [3.8, 4) is 0 Å². The van der Waals surface area contributed by atoms with Gasteiger partial charge < -0.3 is 14.2 Å². The molecule has 1 heterocycles. The first-order chi connectivity index (χ1) is 8.15. The highest BCUT2D eigenvalue weighted by atomic mass is 16.6. The summed E-state index contributed by atoms with van der Waals surface area (Å²) in [5.74, 6) is 1.02. The van der Waals surface area contributed by atoms with Gasteiger partial charge in [-0.2, -0.15) is 0 Å². The molecule has 2 rings (SSSR count). The number of carbonyl (C=O) groups is 1. The maximum atomic E-state index is 11.9. The minimum Gasteiger partial charge on any atom is -0.460 e. The van der Waals surface area contributed by atoms with E-state index in [2.05, 4.69) is 13.8 Å². The molecule has 0 spiro atoms. The van der Waals surface area contributed by atoms with Crippen molar-refractivity contribution in [1.29, 1.82) is 0 Å².